The van der Waals surface area contributed by atoms with Crippen molar-refractivity contribution in [3.63, 3.8) is 0 Å². The third kappa shape index (κ3) is 4.89. The first-order valence-corrected chi connectivity index (χ1v) is 8.96. The minimum Gasteiger partial charge on any atom is -0.310 e. The summed E-state index contributed by atoms with van der Waals surface area (Å²) in [4.78, 5) is 5.61. The molecule has 21 heavy (non-hydrogen) atoms. The van der Waals surface area contributed by atoms with Gasteiger partial charge in [-0.05, 0) is 26.0 Å². The molecule has 1 aromatic carbocycles. The third-order valence-corrected chi connectivity index (χ3v) is 5.28. The van der Waals surface area contributed by atoms with Crippen LogP contribution in [0.1, 0.15) is 15.4 Å². The largest absolute Gasteiger partial charge is 0.310 e. The Morgan fingerprint density at radius 1 is 1.14 bits per heavy atom. The van der Waals surface area contributed by atoms with Gasteiger partial charge in [-0.1, -0.05) is 17.7 Å². The van der Waals surface area contributed by atoms with Crippen LogP contribution in [-0.4, -0.2) is 26.5 Å². The predicted octanol–water partition coefficient (Wildman–Crippen LogP) is 1.83. The molecule has 1 aromatic heterocycles. The molecule has 0 radical (unpaired) electrons. The van der Waals surface area contributed by atoms with Crippen LogP contribution in [0.2, 0.25) is 0 Å². The van der Waals surface area contributed by atoms with Crippen molar-refractivity contribution >= 4 is 21.4 Å². The molecule has 0 saturated heterocycles. The van der Waals surface area contributed by atoms with E-state index in [1.807, 2.05) is 20.0 Å². The van der Waals surface area contributed by atoms with E-state index in [1.54, 1.807) is 35.6 Å². The number of sulfonamides is 1. The first-order chi connectivity index (χ1) is 9.97. The molecule has 2 N–H and O–H groups in total. The Bertz CT molecular complexity index is 678. The Morgan fingerprint density at radius 2 is 1.86 bits per heavy atom. The van der Waals surface area contributed by atoms with Crippen LogP contribution in [0, 0.1) is 13.8 Å². The van der Waals surface area contributed by atoms with Crippen LogP contribution in [0.3, 0.4) is 0 Å². The molecule has 5 nitrogen and oxygen atoms in total. The van der Waals surface area contributed by atoms with Crippen LogP contribution in [0.25, 0.3) is 0 Å². The van der Waals surface area contributed by atoms with E-state index < -0.39 is 10.0 Å². The number of nitrogens with one attached hydrogen (secondary N) is 2. The average molecular weight is 325 g/mol. The van der Waals surface area contributed by atoms with Gasteiger partial charge < -0.3 is 5.32 Å². The highest BCUT2D eigenvalue weighted by atomic mass is 32.2. The van der Waals surface area contributed by atoms with Crippen molar-refractivity contribution in [2.75, 3.05) is 13.1 Å². The molecule has 0 aliphatic rings. The summed E-state index contributed by atoms with van der Waals surface area (Å²) in [5, 5.41) is 4.23. The van der Waals surface area contributed by atoms with Gasteiger partial charge >= 0.3 is 0 Å². The number of hydrogen-bond donors (Lipinski definition) is 2. The second-order valence-electron chi connectivity index (χ2n) is 4.73. The molecule has 0 atom stereocenters. The van der Waals surface area contributed by atoms with Gasteiger partial charge in [0.15, 0.2) is 0 Å². The van der Waals surface area contributed by atoms with E-state index >= 15 is 0 Å². The molecule has 0 saturated carbocycles. The summed E-state index contributed by atoms with van der Waals surface area (Å²) in [6.45, 7) is 5.52. The molecule has 7 heteroatoms. The zero-order valence-corrected chi connectivity index (χ0v) is 13.7. The highest BCUT2D eigenvalue weighted by Gasteiger charge is 2.12. The number of thiazole rings is 1. The second kappa shape index (κ2) is 7.13. The molecule has 2 rings (SSSR count). The fourth-order valence-electron chi connectivity index (χ4n) is 1.77. The van der Waals surface area contributed by atoms with Gasteiger partial charge in [0.1, 0.15) is 0 Å². The number of nitrogens with zero attached hydrogens (tertiary/aromatic N) is 1. The van der Waals surface area contributed by atoms with E-state index in [1.165, 1.54) is 0 Å². The molecule has 0 bridgehead atoms. The zero-order valence-electron chi connectivity index (χ0n) is 12.1. The fourth-order valence-corrected chi connectivity index (χ4v) is 3.57. The summed E-state index contributed by atoms with van der Waals surface area (Å²) >= 11 is 1.64. The lowest BCUT2D eigenvalue weighted by Crippen LogP contribution is -2.31. The normalized spacial score (nSPS) is 11.7. The Morgan fingerprint density at radius 3 is 2.48 bits per heavy atom. The lowest BCUT2D eigenvalue weighted by Gasteiger charge is -2.07. The quantitative estimate of drug-likeness (QED) is 0.762. The molecule has 0 aliphatic heterocycles. The van der Waals surface area contributed by atoms with Gasteiger partial charge in [0, 0.05) is 30.7 Å². The average Bonchev–Trinajstić information content (AvgIpc) is 2.84. The van der Waals surface area contributed by atoms with Gasteiger partial charge in [0.05, 0.1) is 9.90 Å². The molecular formula is C14H19N3O2S2. The highest BCUT2D eigenvalue weighted by Crippen LogP contribution is 2.11. The van der Waals surface area contributed by atoms with E-state index in [4.69, 9.17) is 0 Å². The summed E-state index contributed by atoms with van der Waals surface area (Å²) in [5.41, 5.74) is 1.04. The summed E-state index contributed by atoms with van der Waals surface area (Å²) in [5.74, 6) is 0. The Labute approximate surface area is 129 Å². The molecular weight excluding hydrogens is 306 g/mol. The standard InChI is InChI=1S/C14H19N3O2S2/c1-11-3-5-14(6-4-11)21(18,19)17-8-7-15-9-13-10-16-12(2)20-13/h3-6,10,15,17H,7-9H2,1-2H3. The lowest BCUT2D eigenvalue weighted by atomic mass is 10.2. The van der Waals surface area contributed by atoms with Crippen molar-refractivity contribution in [3.05, 3.63) is 45.9 Å². The Balaban J connectivity index is 1.76. The van der Waals surface area contributed by atoms with Crippen molar-refractivity contribution in [2.24, 2.45) is 0 Å². The monoisotopic (exact) mass is 325 g/mol. The van der Waals surface area contributed by atoms with Gasteiger partial charge in [-0.25, -0.2) is 18.1 Å². The molecule has 1 heterocycles. The van der Waals surface area contributed by atoms with Crippen molar-refractivity contribution in [2.45, 2.75) is 25.3 Å². The van der Waals surface area contributed by atoms with E-state index in [-0.39, 0.29) is 0 Å². The molecule has 0 spiro atoms. The van der Waals surface area contributed by atoms with Gasteiger partial charge in [0.25, 0.3) is 0 Å². The van der Waals surface area contributed by atoms with Crippen LogP contribution in [0.5, 0.6) is 0 Å². The van der Waals surface area contributed by atoms with Gasteiger partial charge in [-0.2, -0.15) is 0 Å². The van der Waals surface area contributed by atoms with Crippen molar-refractivity contribution in [3.8, 4) is 0 Å². The number of aromatic nitrogens is 1. The molecule has 2 aromatic rings. The summed E-state index contributed by atoms with van der Waals surface area (Å²) in [7, 11) is -3.42. The minimum absolute atomic E-state index is 0.297. The Hall–Kier alpha value is -1.28. The predicted molar refractivity (Wildman–Crippen MR) is 84.9 cm³/mol. The van der Waals surface area contributed by atoms with Crippen molar-refractivity contribution in [1.82, 2.24) is 15.0 Å². The molecule has 114 valence electrons. The number of hydrogen-bond acceptors (Lipinski definition) is 5. The van der Waals surface area contributed by atoms with Crippen LogP contribution in [0.15, 0.2) is 35.4 Å². The van der Waals surface area contributed by atoms with E-state index in [9.17, 15) is 8.42 Å². The number of aryl methyl sites for hydroxylation is 2. The van der Waals surface area contributed by atoms with Gasteiger partial charge in [0.2, 0.25) is 10.0 Å². The van der Waals surface area contributed by atoms with Crippen molar-refractivity contribution < 1.29 is 8.42 Å². The number of rotatable bonds is 7. The van der Waals surface area contributed by atoms with Crippen LogP contribution in [-0.2, 0) is 16.6 Å². The second-order valence-corrected chi connectivity index (χ2v) is 7.82. The van der Waals surface area contributed by atoms with Crippen LogP contribution >= 0.6 is 11.3 Å². The summed E-state index contributed by atoms with van der Waals surface area (Å²) < 4.78 is 26.6. The molecule has 0 fully saturated rings. The highest BCUT2D eigenvalue weighted by molar-refractivity contribution is 7.89. The van der Waals surface area contributed by atoms with E-state index in [0.29, 0.717) is 24.5 Å². The summed E-state index contributed by atoms with van der Waals surface area (Å²) in [6.07, 6.45) is 1.84. The van der Waals surface area contributed by atoms with Gasteiger partial charge in [-0.3, -0.25) is 0 Å². The Kier molecular flexibility index (Phi) is 5.46. The van der Waals surface area contributed by atoms with Gasteiger partial charge in [-0.15, -0.1) is 11.3 Å². The molecule has 0 aliphatic carbocycles. The SMILES string of the molecule is Cc1ccc(S(=O)(=O)NCCNCc2cnc(C)s2)cc1. The third-order valence-electron chi connectivity index (χ3n) is 2.89. The molecule has 0 unspecified atom stereocenters. The first kappa shape index (κ1) is 16.1. The maximum absolute atomic E-state index is 12.0. The number of benzene rings is 1. The van der Waals surface area contributed by atoms with Crippen LogP contribution < -0.4 is 10.0 Å². The first-order valence-electron chi connectivity index (χ1n) is 6.66. The van der Waals surface area contributed by atoms with E-state index in [2.05, 4.69) is 15.0 Å². The fraction of sp³-hybridized carbons (Fsp3) is 0.357. The lowest BCUT2D eigenvalue weighted by molar-refractivity contribution is 0.576. The smallest absolute Gasteiger partial charge is 0.240 e. The zero-order chi connectivity index (χ0) is 15.3. The maximum atomic E-state index is 12.0. The maximum Gasteiger partial charge on any atom is 0.240 e. The minimum atomic E-state index is -3.42. The van der Waals surface area contributed by atoms with Crippen LogP contribution in [0.4, 0.5) is 0 Å². The molecule has 0 amide bonds. The summed E-state index contributed by atoms with van der Waals surface area (Å²) in [6, 6.07) is 6.81. The van der Waals surface area contributed by atoms with E-state index in [0.717, 1.165) is 15.4 Å². The topological polar surface area (TPSA) is 71.1 Å². The van der Waals surface area contributed by atoms with Crippen molar-refractivity contribution in [1.29, 1.82) is 0 Å².